The van der Waals surface area contributed by atoms with Gasteiger partial charge >= 0.3 is 0 Å². The highest BCUT2D eigenvalue weighted by Crippen LogP contribution is 2.33. The predicted molar refractivity (Wildman–Crippen MR) is 106 cm³/mol. The summed E-state index contributed by atoms with van der Waals surface area (Å²) in [6, 6.07) is 10.3. The highest BCUT2D eigenvalue weighted by molar-refractivity contribution is 7.18. The zero-order chi connectivity index (χ0) is 19.0. The van der Waals surface area contributed by atoms with Crippen molar-refractivity contribution in [1.29, 1.82) is 5.26 Å². The lowest BCUT2D eigenvalue weighted by molar-refractivity contribution is 0.157. The van der Waals surface area contributed by atoms with Crippen LogP contribution >= 0.6 is 11.3 Å². The lowest BCUT2D eigenvalue weighted by Crippen LogP contribution is -2.39. The molecule has 0 unspecified atom stereocenters. The van der Waals surface area contributed by atoms with E-state index in [0.717, 1.165) is 37.1 Å². The van der Waals surface area contributed by atoms with Crippen molar-refractivity contribution >= 4 is 21.6 Å². The van der Waals surface area contributed by atoms with Crippen LogP contribution in [0.2, 0.25) is 0 Å². The fourth-order valence-corrected chi connectivity index (χ4v) is 4.71. The average molecular weight is 379 g/mol. The van der Waals surface area contributed by atoms with E-state index in [-0.39, 0.29) is 11.1 Å². The summed E-state index contributed by atoms with van der Waals surface area (Å²) < 4.78 is 2.67. The third-order valence-electron chi connectivity index (χ3n) is 5.33. The van der Waals surface area contributed by atoms with E-state index in [1.807, 2.05) is 19.1 Å². The number of benzene rings is 1. The molecule has 0 aliphatic carbocycles. The number of likely N-dealkylation sites (tertiary alicyclic amines) is 1. The minimum atomic E-state index is -0.297. The van der Waals surface area contributed by atoms with Crippen molar-refractivity contribution in [2.45, 2.75) is 39.3 Å². The number of thiazole rings is 1. The first-order chi connectivity index (χ1) is 13.1. The molecule has 27 heavy (non-hydrogen) atoms. The van der Waals surface area contributed by atoms with E-state index in [1.165, 1.54) is 14.4 Å². The van der Waals surface area contributed by atoms with Crippen LogP contribution in [0.25, 0.3) is 10.2 Å². The summed E-state index contributed by atoms with van der Waals surface area (Å²) in [4.78, 5) is 19.5. The van der Waals surface area contributed by atoms with E-state index in [2.05, 4.69) is 28.2 Å². The van der Waals surface area contributed by atoms with E-state index < -0.39 is 0 Å². The lowest BCUT2D eigenvalue weighted by atomic mass is 9.98. The van der Waals surface area contributed by atoms with E-state index >= 15 is 0 Å². The maximum Gasteiger partial charge on any atom is 0.286 e. The largest absolute Gasteiger partial charge is 0.286 e. The molecule has 0 amide bonds. The number of fused-ring (bicyclic) bond motifs is 1. The number of nitriles is 1. The van der Waals surface area contributed by atoms with Crippen molar-refractivity contribution in [2.75, 3.05) is 13.1 Å². The SMILES string of the molecule is Cc1nn(CN2CCC(c3nc4ccccc4s3)CC2)c(=O)c(C#N)c1C. The zero-order valence-electron chi connectivity index (χ0n) is 15.5. The fourth-order valence-electron chi connectivity index (χ4n) is 3.57. The van der Waals surface area contributed by atoms with Crippen molar-refractivity contribution in [3.8, 4) is 6.07 Å². The van der Waals surface area contributed by atoms with Gasteiger partial charge in [0, 0.05) is 19.0 Å². The first-order valence-corrected chi connectivity index (χ1v) is 9.94. The molecule has 0 spiro atoms. The average Bonchev–Trinajstić information content (AvgIpc) is 3.11. The van der Waals surface area contributed by atoms with Crippen LogP contribution in [0.4, 0.5) is 0 Å². The molecule has 3 heterocycles. The molecule has 1 saturated heterocycles. The molecule has 2 aromatic heterocycles. The summed E-state index contributed by atoms with van der Waals surface area (Å²) >= 11 is 1.79. The Kier molecular flexibility index (Phi) is 4.77. The predicted octanol–water partition coefficient (Wildman–Crippen LogP) is 3.18. The van der Waals surface area contributed by atoms with Crippen molar-refractivity contribution in [1.82, 2.24) is 19.7 Å². The molecule has 7 heteroatoms. The van der Waals surface area contributed by atoms with Gasteiger partial charge in [-0.05, 0) is 44.4 Å². The Morgan fingerprint density at radius 1 is 1.26 bits per heavy atom. The molecule has 1 aliphatic heterocycles. The molecular formula is C20H21N5OS. The molecule has 0 bridgehead atoms. The normalized spacial score (nSPS) is 15.9. The van der Waals surface area contributed by atoms with E-state index in [1.54, 1.807) is 18.3 Å². The van der Waals surface area contributed by atoms with Gasteiger partial charge in [0.25, 0.3) is 5.56 Å². The van der Waals surface area contributed by atoms with Crippen LogP contribution in [0, 0.1) is 25.2 Å². The maximum absolute atomic E-state index is 12.5. The van der Waals surface area contributed by atoms with Gasteiger partial charge < -0.3 is 0 Å². The van der Waals surface area contributed by atoms with Gasteiger partial charge in [-0.1, -0.05) is 12.1 Å². The van der Waals surface area contributed by atoms with Crippen LogP contribution in [0.1, 0.15) is 40.6 Å². The summed E-state index contributed by atoms with van der Waals surface area (Å²) in [6.45, 7) is 5.83. The number of hydrogen-bond acceptors (Lipinski definition) is 6. The smallest absolute Gasteiger partial charge is 0.284 e. The molecule has 1 aliphatic rings. The van der Waals surface area contributed by atoms with Crippen molar-refractivity contribution in [3.63, 3.8) is 0 Å². The van der Waals surface area contributed by atoms with Gasteiger partial charge in [0.15, 0.2) is 0 Å². The van der Waals surface area contributed by atoms with E-state index in [9.17, 15) is 10.1 Å². The van der Waals surface area contributed by atoms with Crippen molar-refractivity contribution < 1.29 is 0 Å². The molecule has 0 saturated carbocycles. The summed E-state index contributed by atoms with van der Waals surface area (Å²) in [6.07, 6.45) is 2.04. The standard InChI is InChI=1S/C20H21N5OS/c1-13-14(2)23-25(20(26)16(13)11-21)12-24-9-7-15(8-10-24)19-22-17-5-3-4-6-18(17)27-19/h3-6,15H,7-10,12H2,1-2H3. The summed E-state index contributed by atoms with van der Waals surface area (Å²) in [5.74, 6) is 0.470. The van der Waals surface area contributed by atoms with Crippen LogP contribution in [-0.4, -0.2) is 32.8 Å². The van der Waals surface area contributed by atoms with E-state index in [0.29, 0.717) is 18.2 Å². The highest BCUT2D eigenvalue weighted by Gasteiger charge is 2.24. The first-order valence-electron chi connectivity index (χ1n) is 9.13. The number of nitrogens with zero attached hydrogens (tertiary/aromatic N) is 5. The van der Waals surface area contributed by atoms with Crippen LogP contribution < -0.4 is 5.56 Å². The second kappa shape index (κ2) is 7.22. The molecule has 138 valence electrons. The second-order valence-electron chi connectivity index (χ2n) is 7.06. The minimum Gasteiger partial charge on any atom is -0.284 e. The molecule has 0 atom stereocenters. The quantitative estimate of drug-likeness (QED) is 0.699. The number of rotatable bonds is 3. The molecule has 0 N–H and O–H groups in total. The Bertz CT molecular complexity index is 1050. The minimum absolute atomic E-state index is 0.201. The third kappa shape index (κ3) is 3.38. The number of para-hydroxylation sites is 1. The number of aromatic nitrogens is 3. The highest BCUT2D eigenvalue weighted by atomic mass is 32.1. The number of hydrogen-bond donors (Lipinski definition) is 0. The molecular weight excluding hydrogens is 358 g/mol. The monoisotopic (exact) mass is 379 g/mol. The number of aryl methyl sites for hydroxylation is 1. The van der Waals surface area contributed by atoms with Gasteiger partial charge in [-0.25, -0.2) is 9.67 Å². The van der Waals surface area contributed by atoms with Crippen molar-refractivity contribution in [3.05, 3.63) is 56.4 Å². The maximum atomic E-state index is 12.5. The Morgan fingerprint density at radius 3 is 2.70 bits per heavy atom. The molecule has 6 nitrogen and oxygen atoms in total. The van der Waals surface area contributed by atoms with Crippen molar-refractivity contribution in [2.24, 2.45) is 0 Å². The molecule has 3 aromatic rings. The molecule has 4 rings (SSSR count). The van der Waals surface area contributed by atoms with E-state index in [4.69, 9.17) is 4.98 Å². The Hall–Kier alpha value is -2.56. The summed E-state index contributed by atoms with van der Waals surface area (Å²) in [7, 11) is 0. The van der Waals surface area contributed by atoms with Crippen LogP contribution in [0.15, 0.2) is 29.1 Å². The van der Waals surface area contributed by atoms with Gasteiger partial charge in [-0.15, -0.1) is 11.3 Å². The Morgan fingerprint density at radius 2 is 2.00 bits per heavy atom. The Labute approximate surface area is 161 Å². The van der Waals surface area contributed by atoms with Crippen LogP contribution in [-0.2, 0) is 6.67 Å². The van der Waals surface area contributed by atoms with Gasteiger partial charge in [-0.2, -0.15) is 10.4 Å². The summed E-state index contributed by atoms with van der Waals surface area (Å²) in [5, 5.41) is 14.9. The van der Waals surface area contributed by atoms with Gasteiger partial charge in [0.1, 0.15) is 11.6 Å². The molecule has 0 radical (unpaired) electrons. The van der Waals surface area contributed by atoms with Gasteiger partial charge in [-0.3, -0.25) is 9.69 Å². The van der Waals surface area contributed by atoms with Crippen LogP contribution in [0.5, 0.6) is 0 Å². The lowest BCUT2D eigenvalue weighted by Gasteiger charge is -2.31. The molecule has 1 fully saturated rings. The molecule has 1 aromatic carbocycles. The summed E-state index contributed by atoms with van der Waals surface area (Å²) in [5.41, 5.74) is 2.39. The third-order valence-corrected chi connectivity index (χ3v) is 6.53. The number of piperidine rings is 1. The fraction of sp³-hybridized carbons (Fsp3) is 0.400. The van der Waals surface area contributed by atoms with Gasteiger partial charge in [0.2, 0.25) is 0 Å². The zero-order valence-corrected chi connectivity index (χ0v) is 16.3. The topological polar surface area (TPSA) is 74.8 Å². The second-order valence-corrected chi connectivity index (χ2v) is 8.12. The van der Waals surface area contributed by atoms with Crippen LogP contribution in [0.3, 0.4) is 0 Å². The van der Waals surface area contributed by atoms with Gasteiger partial charge in [0.05, 0.1) is 27.6 Å². The first kappa shape index (κ1) is 17.8. The Balaban J connectivity index is 1.46.